The number of benzene rings is 1. The Balaban J connectivity index is 1.81. The molecule has 0 fully saturated rings. The Morgan fingerprint density at radius 2 is 2.00 bits per heavy atom. The maximum absolute atomic E-state index is 12.2. The Hall–Kier alpha value is -2.32. The largest absolute Gasteiger partial charge is 0.338 e. The van der Waals surface area contributed by atoms with E-state index in [0.717, 1.165) is 4.41 Å². The van der Waals surface area contributed by atoms with Crippen LogP contribution in [0, 0.1) is 0 Å². The van der Waals surface area contributed by atoms with Crippen LogP contribution in [-0.4, -0.2) is 24.2 Å². The number of para-hydroxylation sites is 1. The van der Waals surface area contributed by atoms with Crippen molar-refractivity contribution in [3.05, 3.63) is 54.5 Å². The zero-order chi connectivity index (χ0) is 13.3. The molecule has 0 unspecified atom stereocenters. The Morgan fingerprint density at radius 1 is 1.21 bits per heavy atom. The Morgan fingerprint density at radius 3 is 2.74 bits per heavy atom. The van der Waals surface area contributed by atoms with Crippen molar-refractivity contribution in [3.63, 3.8) is 0 Å². The molecule has 0 aromatic heterocycles. The molecule has 1 aromatic rings. The van der Waals surface area contributed by atoms with E-state index in [0.29, 0.717) is 11.4 Å². The molecule has 0 amide bonds. The molecule has 2 aliphatic heterocycles. The van der Waals surface area contributed by atoms with E-state index >= 15 is 0 Å². The summed E-state index contributed by atoms with van der Waals surface area (Å²) >= 11 is 0. The molecular formula is C11H11N5O2S. The number of hydrogen-bond donors (Lipinski definition) is 2. The highest BCUT2D eigenvalue weighted by Gasteiger charge is 2.28. The van der Waals surface area contributed by atoms with E-state index in [1.165, 1.54) is 17.5 Å². The van der Waals surface area contributed by atoms with Gasteiger partial charge in [-0.25, -0.2) is 10.0 Å². The van der Waals surface area contributed by atoms with Gasteiger partial charge in [0, 0.05) is 6.20 Å². The number of allylic oxidation sites excluding steroid dienone is 1. The van der Waals surface area contributed by atoms with Crippen LogP contribution in [0.2, 0.25) is 0 Å². The van der Waals surface area contributed by atoms with E-state index in [1.807, 2.05) is 6.07 Å². The summed E-state index contributed by atoms with van der Waals surface area (Å²) in [5.41, 5.74) is 3.86. The first kappa shape index (κ1) is 11.8. The molecule has 1 aromatic carbocycles. The first-order valence-corrected chi connectivity index (χ1v) is 6.94. The lowest BCUT2D eigenvalue weighted by molar-refractivity contribution is 0.289. The van der Waals surface area contributed by atoms with Gasteiger partial charge in [-0.1, -0.05) is 18.2 Å². The van der Waals surface area contributed by atoms with Gasteiger partial charge >= 0.3 is 10.2 Å². The third-order valence-corrected chi connectivity index (χ3v) is 3.73. The third kappa shape index (κ3) is 2.30. The molecule has 0 spiro atoms. The summed E-state index contributed by atoms with van der Waals surface area (Å²) in [4.78, 5) is 3.90. The molecule has 0 aliphatic carbocycles. The molecule has 3 rings (SSSR count). The Kier molecular flexibility index (Phi) is 2.73. The van der Waals surface area contributed by atoms with Gasteiger partial charge in [0.15, 0.2) is 0 Å². The molecule has 0 saturated carbocycles. The summed E-state index contributed by atoms with van der Waals surface area (Å²) in [6, 6.07) is 8.68. The van der Waals surface area contributed by atoms with Crippen LogP contribution in [0.25, 0.3) is 0 Å². The molecule has 19 heavy (non-hydrogen) atoms. The molecule has 2 N–H and O–H groups in total. The highest BCUT2D eigenvalue weighted by Crippen LogP contribution is 2.18. The zero-order valence-corrected chi connectivity index (χ0v) is 10.6. The molecule has 7 nitrogen and oxygen atoms in total. The highest BCUT2D eigenvalue weighted by atomic mass is 32.2. The van der Waals surface area contributed by atoms with Gasteiger partial charge in [0.2, 0.25) is 0 Å². The standard InChI is InChI=1S/C11H11N5O2S/c17-19(18,13-10-4-2-1-3-5-10)16-8-11-6-7-12-9-15(11)14-16/h1-9,13-14H. The van der Waals surface area contributed by atoms with Gasteiger partial charge in [0.1, 0.15) is 6.34 Å². The molecule has 2 aliphatic rings. The number of aliphatic imine (C=N–C) groups is 1. The number of rotatable bonds is 3. The third-order valence-electron chi connectivity index (χ3n) is 2.53. The first-order chi connectivity index (χ1) is 9.15. The van der Waals surface area contributed by atoms with E-state index in [1.54, 1.807) is 36.5 Å². The lowest BCUT2D eigenvalue weighted by Gasteiger charge is -2.21. The summed E-state index contributed by atoms with van der Waals surface area (Å²) in [7, 11) is -3.71. The predicted octanol–water partition coefficient (Wildman–Crippen LogP) is 0.777. The predicted molar refractivity (Wildman–Crippen MR) is 71.5 cm³/mol. The van der Waals surface area contributed by atoms with Crippen molar-refractivity contribution in [3.8, 4) is 0 Å². The van der Waals surface area contributed by atoms with Crippen LogP contribution in [0.3, 0.4) is 0 Å². The maximum Gasteiger partial charge on any atom is 0.338 e. The number of nitrogens with zero attached hydrogens (tertiary/aromatic N) is 3. The average Bonchev–Trinajstić information content (AvgIpc) is 2.84. The van der Waals surface area contributed by atoms with Crippen LogP contribution in [-0.2, 0) is 10.2 Å². The van der Waals surface area contributed by atoms with Crippen LogP contribution in [0.4, 0.5) is 5.69 Å². The summed E-state index contributed by atoms with van der Waals surface area (Å²) in [5, 5.41) is 1.50. The van der Waals surface area contributed by atoms with Crippen LogP contribution < -0.4 is 10.3 Å². The molecule has 2 heterocycles. The van der Waals surface area contributed by atoms with Crippen molar-refractivity contribution in [1.82, 2.24) is 15.0 Å². The Bertz CT molecular complexity index is 666. The van der Waals surface area contributed by atoms with Crippen molar-refractivity contribution < 1.29 is 8.42 Å². The van der Waals surface area contributed by atoms with Gasteiger partial charge in [-0.05, 0) is 18.2 Å². The van der Waals surface area contributed by atoms with Gasteiger partial charge in [0.05, 0.1) is 17.6 Å². The van der Waals surface area contributed by atoms with Crippen molar-refractivity contribution in [2.45, 2.75) is 0 Å². The van der Waals surface area contributed by atoms with Crippen molar-refractivity contribution in [1.29, 1.82) is 0 Å². The quantitative estimate of drug-likeness (QED) is 0.856. The minimum atomic E-state index is -3.71. The SMILES string of the molecule is O=S(=O)(Nc1ccccc1)N1C=C2C=CN=CN2N1. The summed E-state index contributed by atoms with van der Waals surface area (Å²) in [6.07, 6.45) is 6.24. The average molecular weight is 277 g/mol. The van der Waals surface area contributed by atoms with Gasteiger partial charge in [-0.2, -0.15) is 12.8 Å². The molecule has 98 valence electrons. The Labute approximate surface area is 110 Å². The summed E-state index contributed by atoms with van der Waals surface area (Å²) < 4.78 is 27.8. The van der Waals surface area contributed by atoms with Gasteiger partial charge in [-0.15, -0.1) is 5.53 Å². The van der Waals surface area contributed by atoms with E-state index < -0.39 is 10.2 Å². The molecule has 0 radical (unpaired) electrons. The van der Waals surface area contributed by atoms with E-state index in [-0.39, 0.29) is 0 Å². The van der Waals surface area contributed by atoms with Crippen molar-refractivity contribution in [2.24, 2.45) is 4.99 Å². The molecule has 8 heteroatoms. The fourth-order valence-electron chi connectivity index (χ4n) is 1.64. The van der Waals surface area contributed by atoms with Crippen molar-refractivity contribution >= 4 is 22.2 Å². The molecule has 0 atom stereocenters. The number of anilines is 1. The van der Waals surface area contributed by atoms with Crippen LogP contribution in [0.5, 0.6) is 0 Å². The molecule has 0 bridgehead atoms. The van der Waals surface area contributed by atoms with Crippen LogP contribution in [0.1, 0.15) is 0 Å². The molecule has 0 saturated heterocycles. The van der Waals surface area contributed by atoms with E-state index in [9.17, 15) is 8.42 Å². The minimum absolute atomic E-state index is 0.497. The summed E-state index contributed by atoms with van der Waals surface area (Å²) in [6.45, 7) is 0. The van der Waals surface area contributed by atoms with Crippen molar-refractivity contribution in [2.75, 3.05) is 4.72 Å². The first-order valence-electron chi connectivity index (χ1n) is 5.50. The number of hydrogen-bond acceptors (Lipinski definition) is 5. The van der Waals surface area contributed by atoms with Crippen LogP contribution >= 0.6 is 0 Å². The lowest BCUT2D eigenvalue weighted by Crippen LogP contribution is -2.45. The number of nitrogens with one attached hydrogen (secondary N) is 2. The minimum Gasteiger partial charge on any atom is -0.265 e. The van der Waals surface area contributed by atoms with Gasteiger partial charge in [0.25, 0.3) is 0 Å². The molecular weight excluding hydrogens is 266 g/mol. The fourth-order valence-corrected chi connectivity index (χ4v) is 2.62. The summed E-state index contributed by atoms with van der Waals surface area (Å²) in [5.74, 6) is 0. The highest BCUT2D eigenvalue weighted by molar-refractivity contribution is 7.90. The normalized spacial score (nSPS) is 17.4. The zero-order valence-electron chi connectivity index (χ0n) is 9.76. The number of fused-ring (bicyclic) bond motifs is 1. The van der Waals surface area contributed by atoms with E-state index in [2.05, 4.69) is 15.2 Å². The second kappa shape index (κ2) is 4.41. The second-order valence-corrected chi connectivity index (χ2v) is 5.42. The topological polar surface area (TPSA) is 77.0 Å². The van der Waals surface area contributed by atoms with Gasteiger partial charge < -0.3 is 0 Å². The fraction of sp³-hybridized carbons (Fsp3) is 0. The smallest absolute Gasteiger partial charge is 0.265 e. The van der Waals surface area contributed by atoms with E-state index in [4.69, 9.17) is 0 Å². The number of hydrazine groups is 2. The van der Waals surface area contributed by atoms with Crippen LogP contribution in [0.15, 0.2) is 59.5 Å². The lowest BCUT2D eigenvalue weighted by atomic mass is 10.3. The second-order valence-electron chi connectivity index (χ2n) is 3.87. The van der Waals surface area contributed by atoms with Gasteiger partial charge in [-0.3, -0.25) is 4.72 Å². The maximum atomic E-state index is 12.2. The monoisotopic (exact) mass is 277 g/mol.